The highest BCUT2D eigenvalue weighted by atomic mass is 19.1. The van der Waals surface area contributed by atoms with Crippen molar-refractivity contribution in [3.63, 3.8) is 0 Å². The molecule has 1 amide bonds. The van der Waals surface area contributed by atoms with E-state index in [2.05, 4.69) is 20.6 Å². The maximum absolute atomic E-state index is 13.5. The van der Waals surface area contributed by atoms with E-state index in [1.54, 1.807) is 18.2 Å². The number of nitrogens with zero attached hydrogens (tertiary/aromatic N) is 2. The van der Waals surface area contributed by atoms with Gasteiger partial charge in [0.2, 0.25) is 0 Å². The summed E-state index contributed by atoms with van der Waals surface area (Å²) in [6, 6.07) is 15.7. The molecule has 0 bridgehead atoms. The lowest BCUT2D eigenvalue weighted by Crippen LogP contribution is -2.34. The molecule has 1 aliphatic carbocycles. The number of anilines is 2. The van der Waals surface area contributed by atoms with Crippen molar-refractivity contribution >= 4 is 17.4 Å². The minimum absolute atomic E-state index is 0.0242. The van der Waals surface area contributed by atoms with Crippen LogP contribution in [-0.4, -0.2) is 21.9 Å². The number of hydrogen-bond donors (Lipinski definition) is 2. The van der Waals surface area contributed by atoms with E-state index >= 15 is 0 Å². The molecule has 0 unspecified atom stereocenters. The Labute approximate surface area is 175 Å². The van der Waals surface area contributed by atoms with Crippen LogP contribution in [0.25, 0.3) is 11.3 Å². The minimum atomic E-state index is -0.307. The first kappa shape index (κ1) is 20.0. The average Bonchev–Trinajstić information content (AvgIpc) is 3.03. The number of benzene rings is 2. The molecule has 1 heterocycles. The van der Waals surface area contributed by atoms with Gasteiger partial charge >= 0.3 is 0 Å². The SMILES string of the molecule is O=C(NC1CCCCCC1)c1ccc(Nc2cc(-c3cccc(F)c3)ncn2)cc1. The Morgan fingerprint density at radius 3 is 2.43 bits per heavy atom. The van der Waals surface area contributed by atoms with E-state index in [9.17, 15) is 9.18 Å². The first-order valence-corrected chi connectivity index (χ1v) is 10.4. The summed E-state index contributed by atoms with van der Waals surface area (Å²) in [6.45, 7) is 0. The number of halogens is 1. The Balaban J connectivity index is 1.41. The third kappa shape index (κ3) is 5.20. The fourth-order valence-electron chi connectivity index (χ4n) is 3.78. The summed E-state index contributed by atoms with van der Waals surface area (Å²) in [5, 5.41) is 6.37. The molecule has 1 saturated carbocycles. The number of hydrogen-bond acceptors (Lipinski definition) is 4. The van der Waals surface area contributed by atoms with Crippen molar-refractivity contribution in [1.82, 2.24) is 15.3 Å². The predicted molar refractivity (Wildman–Crippen MR) is 116 cm³/mol. The second kappa shape index (κ2) is 9.48. The predicted octanol–water partition coefficient (Wildman–Crippen LogP) is 5.48. The van der Waals surface area contributed by atoms with Crippen LogP contribution in [0.1, 0.15) is 48.9 Å². The van der Waals surface area contributed by atoms with Crippen LogP contribution in [0.15, 0.2) is 60.9 Å². The zero-order valence-corrected chi connectivity index (χ0v) is 16.8. The van der Waals surface area contributed by atoms with Crippen LogP contribution < -0.4 is 10.6 Å². The summed E-state index contributed by atoms with van der Waals surface area (Å²) in [5.74, 6) is 0.266. The topological polar surface area (TPSA) is 66.9 Å². The van der Waals surface area contributed by atoms with Crippen LogP contribution in [-0.2, 0) is 0 Å². The van der Waals surface area contributed by atoms with Gasteiger partial charge in [0.25, 0.3) is 5.91 Å². The van der Waals surface area contributed by atoms with Crippen molar-refractivity contribution in [2.75, 3.05) is 5.32 Å². The summed E-state index contributed by atoms with van der Waals surface area (Å²) < 4.78 is 13.5. The maximum Gasteiger partial charge on any atom is 0.251 e. The Hall–Kier alpha value is -3.28. The minimum Gasteiger partial charge on any atom is -0.349 e. The van der Waals surface area contributed by atoms with E-state index in [0.717, 1.165) is 18.5 Å². The molecule has 0 saturated heterocycles. The number of rotatable bonds is 5. The zero-order valence-electron chi connectivity index (χ0n) is 16.8. The number of carbonyl (C=O) groups is 1. The van der Waals surface area contributed by atoms with E-state index in [-0.39, 0.29) is 17.8 Å². The van der Waals surface area contributed by atoms with Gasteiger partial charge in [0.15, 0.2) is 0 Å². The van der Waals surface area contributed by atoms with Crippen molar-refractivity contribution < 1.29 is 9.18 Å². The van der Waals surface area contributed by atoms with Gasteiger partial charge in [-0.05, 0) is 49.2 Å². The highest BCUT2D eigenvalue weighted by Crippen LogP contribution is 2.22. The molecule has 154 valence electrons. The maximum atomic E-state index is 13.5. The summed E-state index contributed by atoms with van der Waals surface area (Å²) in [6.07, 6.45) is 8.46. The molecule has 6 heteroatoms. The molecule has 0 radical (unpaired) electrons. The van der Waals surface area contributed by atoms with Gasteiger partial charge in [0.05, 0.1) is 5.69 Å². The van der Waals surface area contributed by atoms with Crippen molar-refractivity contribution in [2.45, 2.75) is 44.6 Å². The Kier molecular flexibility index (Phi) is 6.32. The molecular formula is C24H25FN4O. The van der Waals surface area contributed by atoms with Crippen molar-refractivity contribution in [3.05, 3.63) is 72.3 Å². The Morgan fingerprint density at radius 1 is 0.933 bits per heavy atom. The molecular weight excluding hydrogens is 379 g/mol. The molecule has 30 heavy (non-hydrogen) atoms. The first-order chi connectivity index (χ1) is 14.7. The molecule has 4 rings (SSSR count). The molecule has 1 aliphatic rings. The number of aromatic nitrogens is 2. The summed E-state index contributed by atoms with van der Waals surface area (Å²) in [5.41, 5.74) is 2.77. The smallest absolute Gasteiger partial charge is 0.251 e. The van der Waals surface area contributed by atoms with Crippen LogP contribution in [0, 0.1) is 5.82 Å². The quantitative estimate of drug-likeness (QED) is 0.553. The van der Waals surface area contributed by atoms with E-state index in [4.69, 9.17) is 0 Å². The van der Waals surface area contributed by atoms with E-state index in [1.165, 1.54) is 44.1 Å². The highest BCUT2D eigenvalue weighted by molar-refractivity contribution is 5.94. The monoisotopic (exact) mass is 404 g/mol. The van der Waals surface area contributed by atoms with Crippen LogP contribution in [0.3, 0.4) is 0 Å². The lowest BCUT2D eigenvalue weighted by molar-refractivity contribution is 0.0933. The highest BCUT2D eigenvalue weighted by Gasteiger charge is 2.15. The average molecular weight is 404 g/mol. The molecule has 0 aliphatic heterocycles. The molecule has 0 atom stereocenters. The van der Waals surface area contributed by atoms with Crippen molar-refractivity contribution in [3.8, 4) is 11.3 Å². The third-order valence-corrected chi connectivity index (χ3v) is 5.40. The van der Waals surface area contributed by atoms with Gasteiger partial charge < -0.3 is 10.6 Å². The molecule has 0 spiro atoms. The lowest BCUT2D eigenvalue weighted by atomic mass is 10.1. The van der Waals surface area contributed by atoms with E-state index < -0.39 is 0 Å². The number of amides is 1. The van der Waals surface area contributed by atoms with Gasteiger partial charge in [-0.1, -0.05) is 37.8 Å². The second-order valence-electron chi connectivity index (χ2n) is 7.66. The van der Waals surface area contributed by atoms with Gasteiger partial charge in [-0.15, -0.1) is 0 Å². The summed E-state index contributed by atoms with van der Waals surface area (Å²) in [7, 11) is 0. The van der Waals surface area contributed by atoms with Gasteiger partial charge in [0, 0.05) is 28.9 Å². The molecule has 5 nitrogen and oxygen atoms in total. The lowest BCUT2D eigenvalue weighted by Gasteiger charge is -2.16. The standard InChI is InChI=1S/C24H25FN4O/c25-19-7-5-6-18(14-19)22-15-23(27-16-26-22)28-21-12-10-17(11-13-21)24(30)29-20-8-3-1-2-4-9-20/h5-7,10-16,20H,1-4,8-9H2,(H,29,30)(H,26,27,28). The Morgan fingerprint density at radius 2 is 1.70 bits per heavy atom. The largest absolute Gasteiger partial charge is 0.349 e. The fraction of sp³-hybridized carbons (Fsp3) is 0.292. The zero-order chi connectivity index (χ0) is 20.8. The molecule has 3 aromatic rings. The van der Waals surface area contributed by atoms with Crippen LogP contribution >= 0.6 is 0 Å². The third-order valence-electron chi connectivity index (χ3n) is 5.40. The van der Waals surface area contributed by atoms with E-state index in [0.29, 0.717) is 22.6 Å². The van der Waals surface area contributed by atoms with Gasteiger partial charge in [0.1, 0.15) is 18.0 Å². The van der Waals surface area contributed by atoms with Crippen molar-refractivity contribution in [2.24, 2.45) is 0 Å². The number of nitrogens with one attached hydrogen (secondary N) is 2. The van der Waals surface area contributed by atoms with Gasteiger partial charge in [-0.3, -0.25) is 4.79 Å². The molecule has 2 N–H and O–H groups in total. The summed E-state index contributed by atoms with van der Waals surface area (Å²) in [4.78, 5) is 21.0. The Bertz CT molecular complexity index is 998. The summed E-state index contributed by atoms with van der Waals surface area (Å²) >= 11 is 0. The first-order valence-electron chi connectivity index (χ1n) is 10.4. The van der Waals surface area contributed by atoms with Crippen LogP contribution in [0.2, 0.25) is 0 Å². The number of carbonyl (C=O) groups excluding carboxylic acids is 1. The normalized spacial score (nSPS) is 14.7. The van der Waals surface area contributed by atoms with Gasteiger partial charge in [-0.2, -0.15) is 0 Å². The second-order valence-corrected chi connectivity index (χ2v) is 7.66. The fourth-order valence-corrected chi connectivity index (χ4v) is 3.78. The van der Waals surface area contributed by atoms with Gasteiger partial charge in [-0.25, -0.2) is 14.4 Å². The molecule has 1 fully saturated rings. The van der Waals surface area contributed by atoms with E-state index in [1.807, 2.05) is 24.3 Å². The molecule has 1 aromatic heterocycles. The van der Waals surface area contributed by atoms with Crippen LogP contribution in [0.4, 0.5) is 15.9 Å². The van der Waals surface area contributed by atoms with Crippen molar-refractivity contribution in [1.29, 1.82) is 0 Å². The molecule has 2 aromatic carbocycles. The van der Waals surface area contributed by atoms with Crippen LogP contribution in [0.5, 0.6) is 0 Å².